The maximum atomic E-state index is 13.7. The Bertz CT molecular complexity index is 1550. The predicted molar refractivity (Wildman–Crippen MR) is 161 cm³/mol. The number of aromatic nitrogens is 1. The number of benzene rings is 3. The molecule has 1 aliphatic carbocycles. The molecule has 0 bridgehead atoms. The van der Waals surface area contributed by atoms with Crippen LogP contribution in [0.5, 0.6) is 0 Å². The molecular weight excluding hydrogens is 561 g/mol. The predicted octanol–water partition coefficient (Wildman–Crippen LogP) is 6.83. The third-order valence-corrected chi connectivity index (χ3v) is 8.74. The summed E-state index contributed by atoms with van der Waals surface area (Å²) in [6, 6.07) is 25.0. The van der Waals surface area contributed by atoms with Gasteiger partial charge in [0.15, 0.2) is 0 Å². The van der Waals surface area contributed by atoms with Crippen molar-refractivity contribution in [2.45, 2.75) is 30.9 Å². The Labute approximate surface area is 248 Å². The number of amides is 1. The number of hydrogen-bond donors (Lipinski definition) is 1. The van der Waals surface area contributed by atoms with Crippen molar-refractivity contribution in [1.29, 1.82) is 0 Å². The van der Waals surface area contributed by atoms with Gasteiger partial charge in [0.1, 0.15) is 17.8 Å². The molecule has 1 aromatic heterocycles. The number of carbonyl (C=O) groups is 1. The zero-order chi connectivity index (χ0) is 29.3. The van der Waals surface area contributed by atoms with E-state index in [-0.39, 0.29) is 0 Å². The highest BCUT2D eigenvalue weighted by Crippen LogP contribution is 2.51. The van der Waals surface area contributed by atoms with Gasteiger partial charge < -0.3 is 10.2 Å². The van der Waals surface area contributed by atoms with Gasteiger partial charge in [-0.1, -0.05) is 66.6 Å². The summed E-state index contributed by atoms with van der Waals surface area (Å²) in [4.78, 5) is 23.2. The van der Waals surface area contributed by atoms with E-state index in [9.17, 15) is 18.0 Å². The van der Waals surface area contributed by atoms with Crippen LogP contribution in [0.15, 0.2) is 78.9 Å². The standard InChI is InChI=1S/C33H32ClF3N4O/c34-24-12-13-29-23(21-24)11-14-30(39-29)41-19-17-40(18-20-41)16-6-5-15-32(31(42)38-22-33(35,36)37)27-9-3-1-7-25(27)26-8-2-4-10-28(26)32/h1-4,7-14,21H,5-6,15-20,22H2,(H,38,42). The molecule has 0 saturated carbocycles. The molecule has 1 saturated heterocycles. The third-order valence-electron chi connectivity index (χ3n) is 8.51. The fraction of sp³-hybridized carbons (Fsp3) is 0.333. The van der Waals surface area contributed by atoms with E-state index >= 15 is 0 Å². The molecule has 6 rings (SSSR count). The molecule has 0 radical (unpaired) electrons. The molecule has 0 unspecified atom stereocenters. The van der Waals surface area contributed by atoms with Crippen LogP contribution in [0.1, 0.15) is 30.4 Å². The zero-order valence-corrected chi connectivity index (χ0v) is 23.9. The van der Waals surface area contributed by atoms with Gasteiger partial charge in [0.2, 0.25) is 5.91 Å². The summed E-state index contributed by atoms with van der Waals surface area (Å²) < 4.78 is 39.4. The smallest absolute Gasteiger partial charge is 0.354 e. The van der Waals surface area contributed by atoms with Gasteiger partial charge in [-0.2, -0.15) is 13.2 Å². The number of hydrogen-bond acceptors (Lipinski definition) is 4. The zero-order valence-electron chi connectivity index (χ0n) is 23.1. The number of fused-ring (bicyclic) bond motifs is 4. The van der Waals surface area contributed by atoms with E-state index < -0.39 is 24.0 Å². The average Bonchev–Trinajstić information content (AvgIpc) is 3.28. The molecule has 9 heteroatoms. The minimum absolute atomic E-state index is 0.440. The van der Waals surface area contributed by atoms with Gasteiger partial charge in [-0.15, -0.1) is 0 Å². The van der Waals surface area contributed by atoms with E-state index in [1.54, 1.807) is 0 Å². The Balaban J connectivity index is 1.11. The fourth-order valence-corrected chi connectivity index (χ4v) is 6.65. The van der Waals surface area contributed by atoms with Crippen molar-refractivity contribution >= 4 is 34.2 Å². The summed E-state index contributed by atoms with van der Waals surface area (Å²) in [5.74, 6) is 0.367. The Kier molecular flexibility index (Phi) is 7.85. The lowest BCUT2D eigenvalue weighted by atomic mass is 9.73. The molecule has 1 N–H and O–H groups in total. The minimum atomic E-state index is -4.48. The highest BCUT2D eigenvalue weighted by Gasteiger charge is 2.49. The SMILES string of the molecule is O=C(NCC(F)(F)F)C1(CCCCN2CCN(c3ccc4cc(Cl)ccc4n3)CC2)c2ccccc2-c2ccccc21. The summed E-state index contributed by atoms with van der Waals surface area (Å²) in [5, 5.41) is 3.93. The van der Waals surface area contributed by atoms with Crippen molar-refractivity contribution in [3.63, 3.8) is 0 Å². The van der Waals surface area contributed by atoms with Gasteiger partial charge in [-0.25, -0.2) is 4.98 Å². The van der Waals surface area contributed by atoms with Crippen molar-refractivity contribution in [3.05, 3.63) is 95.0 Å². The number of anilines is 1. The monoisotopic (exact) mass is 592 g/mol. The molecule has 5 nitrogen and oxygen atoms in total. The number of rotatable bonds is 8. The first-order valence-electron chi connectivity index (χ1n) is 14.3. The van der Waals surface area contributed by atoms with E-state index in [0.29, 0.717) is 17.9 Å². The van der Waals surface area contributed by atoms with Crippen LogP contribution in [0.4, 0.5) is 19.0 Å². The summed E-state index contributed by atoms with van der Waals surface area (Å²) in [6.45, 7) is 3.02. The molecule has 0 atom stereocenters. The number of alkyl halides is 3. The normalized spacial score (nSPS) is 16.3. The number of unbranched alkanes of at least 4 members (excludes halogenated alkanes) is 1. The topological polar surface area (TPSA) is 48.5 Å². The van der Waals surface area contributed by atoms with Crippen LogP contribution < -0.4 is 10.2 Å². The van der Waals surface area contributed by atoms with E-state index in [1.165, 1.54) is 0 Å². The van der Waals surface area contributed by atoms with Gasteiger partial charge in [0, 0.05) is 36.6 Å². The van der Waals surface area contributed by atoms with Crippen molar-refractivity contribution < 1.29 is 18.0 Å². The van der Waals surface area contributed by atoms with E-state index in [0.717, 1.165) is 78.1 Å². The molecular formula is C33H32ClF3N4O. The van der Waals surface area contributed by atoms with Gasteiger partial charge in [-0.3, -0.25) is 9.69 Å². The number of halogens is 4. The quantitative estimate of drug-likeness (QED) is 0.228. The molecule has 218 valence electrons. The third kappa shape index (κ3) is 5.57. The average molecular weight is 593 g/mol. The summed E-state index contributed by atoms with van der Waals surface area (Å²) >= 11 is 6.11. The second kappa shape index (κ2) is 11.6. The van der Waals surface area contributed by atoms with Crippen molar-refractivity contribution in [2.24, 2.45) is 0 Å². The molecule has 42 heavy (non-hydrogen) atoms. The van der Waals surface area contributed by atoms with Crippen LogP contribution >= 0.6 is 11.6 Å². The molecule has 1 amide bonds. The molecule has 2 aliphatic rings. The summed E-state index contributed by atoms with van der Waals surface area (Å²) in [7, 11) is 0. The van der Waals surface area contributed by atoms with E-state index in [2.05, 4.69) is 21.2 Å². The second-order valence-corrected chi connectivity index (χ2v) is 11.5. The van der Waals surface area contributed by atoms with E-state index in [1.807, 2.05) is 72.8 Å². The van der Waals surface area contributed by atoms with Crippen molar-refractivity contribution in [1.82, 2.24) is 15.2 Å². The number of nitrogens with zero attached hydrogens (tertiary/aromatic N) is 3. The highest BCUT2D eigenvalue weighted by atomic mass is 35.5. The fourth-order valence-electron chi connectivity index (χ4n) is 6.47. The van der Waals surface area contributed by atoms with Crippen LogP contribution in [-0.4, -0.2) is 61.2 Å². The molecule has 1 aliphatic heterocycles. The molecule has 4 aromatic rings. The molecule has 2 heterocycles. The van der Waals surface area contributed by atoms with Gasteiger partial charge in [-0.05, 0) is 72.0 Å². The molecule has 3 aromatic carbocycles. The van der Waals surface area contributed by atoms with Gasteiger partial charge in [0.25, 0.3) is 0 Å². The lowest BCUT2D eigenvalue weighted by molar-refractivity contribution is -0.141. The minimum Gasteiger partial charge on any atom is -0.354 e. The van der Waals surface area contributed by atoms with E-state index in [4.69, 9.17) is 16.6 Å². The summed E-state index contributed by atoms with van der Waals surface area (Å²) in [5.41, 5.74) is 3.16. The number of nitrogens with one attached hydrogen (secondary N) is 1. The first kappa shape index (κ1) is 28.5. The Hall–Kier alpha value is -3.62. The Morgan fingerprint density at radius 3 is 2.21 bits per heavy atom. The Morgan fingerprint density at radius 2 is 1.55 bits per heavy atom. The maximum Gasteiger partial charge on any atom is 0.405 e. The highest BCUT2D eigenvalue weighted by molar-refractivity contribution is 6.31. The Morgan fingerprint density at radius 1 is 0.881 bits per heavy atom. The van der Waals surface area contributed by atoms with Crippen LogP contribution in [-0.2, 0) is 10.2 Å². The summed E-state index contributed by atoms with van der Waals surface area (Å²) in [6.07, 6.45) is -2.49. The maximum absolute atomic E-state index is 13.7. The van der Waals surface area contributed by atoms with Crippen LogP contribution in [0.25, 0.3) is 22.0 Å². The number of piperazine rings is 1. The van der Waals surface area contributed by atoms with Crippen LogP contribution in [0.3, 0.4) is 0 Å². The van der Waals surface area contributed by atoms with Crippen LogP contribution in [0.2, 0.25) is 5.02 Å². The van der Waals surface area contributed by atoms with Gasteiger partial charge in [0.05, 0.1) is 5.52 Å². The van der Waals surface area contributed by atoms with Crippen LogP contribution in [0, 0.1) is 0 Å². The lowest BCUT2D eigenvalue weighted by Gasteiger charge is -2.36. The van der Waals surface area contributed by atoms with Crippen molar-refractivity contribution in [3.8, 4) is 11.1 Å². The number of pyridine rings is 1. The lowest BCUT2D eigenvalue weighted by Crippen LogP contribution is -2.47. The molecule has 0 spiro atoms. The van der Waals surface area contributed by atoms with Gasteiger partial charge >= 0.3 is 6.18 Å². The second-order valence-electron chi connectivity index (χ2n) is 11.1. The number of carbonyl (C=O) groups excluding carboxylic acids is 1. The first-order valence-corrected chi connectivity index (χ1v) is 14.7. The largest absolute Gasteiger partial charge is 0.405 e. The molecule has 1 fully saturated rings. The van der Waals surface area contributed by atoms with Crippen molar-refractivity contribution in [2.75, 3.05) is 44.2 Å². The first-order chi connectivity index (χ1) is 20.2.